The molecule has 1 saturated heterocycles. The van der Waals surface area contributed by atoms with Crippen molar-refractivity contribution < 1.29 is 8.42 Å². The van der Waals surface area contributed by atoms with E-state index in [9.17, 15) is 8.42 Å². The van der Waals surface area contributed by atoms with E-state index in [2.05, 4.69) is 4.90 Å². The molecule has 1 fully saturated rings. The number of halogens is 1. The Morgan fingerprint density at radius 3 is 2.65 bits per heavy atom. The summed E-state index contributed by atoms with van der Waals surface area (Å²) in [5.41, 5.74) is 7.15. The summed E-state index contributed by atoms with van der Waals surface area (Å²) >= 11 is 6.05. The molecule has 112 valence electrons. The number of hydrogen-bond donors (Lipinski definition) is 1. The standard InChI is InChI=1S/C14H21ClN2O2S/c1-10(16)14(11-4-3-5-12(15)8-11)17(2)13-6-7-20(18,19)9-13/h3-5,8,10,13-14H,6-7,9,16H2,1-2H3. The van der Waals surface area contributed by atoms with Gasteiger partial charge in [-0.2, -0.15) is 0 Å². The number of nitrogens with zero attached hydrogens (tertiary/aromatic N) is 1. The average molecular weight is 317 g/mol. The van der Waals surface area contributed by atoms with E-state index in [1.807, 2.05) is 38.2 Å². The number of rotatable bonds is 4. The molecule has 0 bridgehead atoms. The van der Waals surface area contributed by atoms with Gasteiger partial charge in [-0.1, -0.05) is 23.7 Å². The Balaban J connectivity index is 2.25. The Labute approximate surface area is 125 Å². The lowest BCUT2D eigenvalue weighted by molar-refractivity contribution is 0.168. The summed E-state index contributed by atoms with van der Waals surface area (Å²) in [6.07, 6.45) is 0.669. The third-order valence-electron chi connectivity index (χ3n) is 3.91. The molecular formula is C14H21ClN2O2S. The topological polar surface area (TPSA) is 63.4 Å². The molecule has 4 nitrogen and oxygen atoms in total. The zero-order valence-corrected chi connectivity index (χ0v) is 13.4. The summed E-state index contributed by atoms with van der Waals surface area (Å²) in [6, 6.07) is 7.48. The molecule has 0 spiro atoms. The first-order valence-corrected chi connectivity index (χ1v) is 8.93. The maximum Gasteiger partial charge on any atom is 0.151 e. The normalized spacial score (nSPS) is 24.8. The van der Waals surface area contributed by atoms with Gasteiger partial charge < -0.3 is 5.73 Å². The quantitative estimate of drug-likeness (QED) is 0.920. The smallest absolute Gasteiger partial charge is 0.151 e. The molecule has 6 heteroatoms. The Morgan fingerprint density at radius 1 is 1.45 bits per heavy atom. The van der Waals surface area contributed by atoms with Gasteiger partial charge >= 0.3 is 0 Å². The summed E-state index contributed by atoms with van der Waals surface area (Å²) < 4.78 is 23.3. The number of hydrogen-bond acceptors (Lipinski definition) is 4. The van der Waals surface area contributed by atoms with E-state index in [0.717, 1.165) is 5.56 Å². The third kappa shape index (κ3) is 3.52. The molecule has 0 aliphatic carbocycles. The average Bonchev–Trinajstić information content (AvgIpc) is 2.69. The van der Waals surface area contributed by atoms with E-state index in [0.29, 0.717) is 11.4 Å². The molecule has 2 N–H and O–H groups in total. The van der Waals surface area contributed by atoms with Crippen LogP contribution < -0.4 is 5.73 Å². The first-order chi connectivity index (χ1) is 9.30. The van der Waals surface area contributed by atoms with Gasteiger partial charge in [0.25, 0.3) is 0 Å². The van der Waals surface area contributed by atoms with E-state index in [-0.39, 0.29) is 29.6 Å². The zero-order chi connectivity index (χ0) is 14.9. The van der Waals surface area contributed by atoms with Crippen LogP contribution in [-0.4, -0.2) is 44.0 Å². The van der Waals surface area contributed by atoms with Crippen molar-refractivity contribution in [3.8, 4) is 0 Å². The molecule has 0 saturated carbocycles. The third-order valence-corrected chi connectivity index (χ3v) is 5.90. The lowest BCUT2D eigenvalue weighted by atomic mass is 9.98. The summed E-state index contributed by atoms with van der Waals surface area (Å²) in [7, 11) is -0.954. The molecule has 20 heavy (non-hydrogen) atoms. The molecule has 1 aliphatic heterocycles. The summed E-state index contributed by atoms with van der Waals surface area (Å²) in [5, 5.41) is 0.667. The van der Waals surface area contributed by atoms with Crippen molar-refractivity contribution in [3.05, 3.63) is 34.9 Å². The minimum absolute atomic E-state index is 0.0231. The second kappa shape index (κ2) is 6.02. The van der Waals surface area contributed by atoms with Crippen molar-refractivity contribution in [1.29, 1.82) is 0 Å². The van der Waals surface area contributed by atoms with Crippen LogP contribution in [0.15, 0.2) is 24.3 Å². The monoisotopic (exact) mass is 316 g/mol. The second-order valence-electron chi connectivity index (χ2n) is 5.58. The molecule has 1 aliphatic rings. The number of likely N-dealkylation sites (N-methyl/N-ethyl adjacent to an activating group) is 1. The minimum atomic E-state index is -2.90. The second-order valence-corrected chi connectivity index (χ2v) is 8.25. The first kappa shape index (κ1) is 15.8. The Kier molecular flexibility index (Phi) is 4.74. The van der Waals surface area contributed by atoms with Gasteiger partial charge in [0, 0.05) is 23.1 Å². The molecule has 1 aromatic rings. The Morgan fingerprint density at radius 2 is 2.15 bits per heavy atom. The van der Waals surface area contributed by atoms with Crippen LogP contribution in [-0.2, 0) is 9.84 Å². The van der Waals surface area contributed by atoms with Crippen LogP contribution in [0.4, 0.5) is 0 Å². The van der Waals surface area contributed by atoms with Crippen molar-refractivity contribution in [2.45, 2.75) is 31.5 Å². The van der Waals surface area contributed by atoms with E-state index >= 15 is 0 Å². The molecular weight excluding hydrogens is 296 g/mol. The highest BCUT2D eigenvalue weighted by Crippen LogP contribution is 2.29. The van der Waals surface area contributed by atoms with Gasteiger partial charge in [0.05, 0.1) is 11.5 Å². The summed E-state index contributed by atoms with van der Waals surface area (Å²) in [6.45, 7) is 1.94. The molecule has 3 unspecified atom stereocenters. The van der Waals surface area contributed by atoms with E-state index in [4.69, 9.17) is 17.3 Å². The lowest BCUT2D eigenvalue weighted by Crippen LogP contribution is -2.43. The number of sulfone groups is 1. The highest BCUT2D eigenvalue weighted by molar-refractivity contribution is 7.91. The fourth-order valence-electron chi connectivity index (χ4n) is 2.92. The fraction of sp³-hybridized carbons (Fsp3) is 0.571. The van der Waals surface area contributed by atoms with Crippen molar-refractivity contribution in [1.82, 2.24) is 4.90 Å². The van der Waals surface area contributed by atoms with Crippen LogP contribution in [0.5, 0.6) is 0 Å². The van der Waals surface area contributed by atoms with Gasteiger partial charge in [0.1, 0.15) is 0 Å². The molecule has 0 amide bonds. The minimum Gasteiger partial charge on any atom is -0.326 e. The highest BCUT2D eigenvalue weighted by Gasteiger charge is 2.35. The van der Waals surface area contributed by atoms with Gasteiger partial charge in [0.15, 0.2) is 9.84 Å². The van der Waals surface area contributed by atoms with Crippen molar-refractivity contribution in [2.75, 3.05) is 18.6 Å². The van der Waals surface area contributed by atoms with Crippen LogP contribution in [0, 0.1) is 0 Å². The highest BCUT2D eigenvalue weighted by atomic mass is 35.5. The van der Waals surface area contributed by atoms with Gasteiger partial charge in [-0.3, -0.25) is 4.90 Å². The molecule has 1 heterocycles. The SMILES string of the molecule is CC(N)C(c1cccc(Cl)c1)N(C)C1CCS(=O)(=O)C1. The van der Waals surface area contributed by atoms with E-state index < -0.39 is 9.84 Å². The van der Waals surface area contributed by atoms with Crippen LogP contribution in [0.3, 0.4) is 0 Å². The Bertz CT molecular complexity index is 574. The van der Waals surface area contributed by atoms with Gasteiger partial charge in [0.2, 0.25) is 0 Å². The van der Waals surface area contributed by atoms with E-state index in [1.54, 1.807) is 0 Å². The lowest BCUT2D eigenvalue weighted by Gasteiger charge is -2.35. The van der Waals surface area contributed by atoms with Crippen molar-refractivity contribution >= 4 is 21.4 Å². The van der Waals surface area contributed by atoms with Crippen LogP contribution in [0.25, 0.3) is 0 Å². The van der Waals surface area contributed by atoms with E-state index in [1.165, 1.54) is 0 Å². The van der Waals surface area contributed by atoms with Gasteiger partial charge in [-0.25, -0.2) is 8.42 Å². The largest absolute Gasteiger partial charge is 0.326 e. The van der Waals surface area contributed by atoms with Gasteiger partial charge in [-0.05, 0) is 38.1 Å². The van der Waals surface area contributed by atoms with Crippen molar-refractivity contribution in [3.63, 3.8) is 0 Å². The predicted octanol–water partition coefficient (Wildman–Crippen LogP) is 1.85. The summed E-state index contributed by atoms with van der Waals surface area (Å²) in [4.78, 5) is 2.08. The molecule has 1 aromatic carbocycles. The maximum absolute atomic E-state index is 11.6. The maximum atomic E-state index is 11.6. The number of benzene rings is 1. The van der Waals surface area contributed by atoms with Crippen LogP contribution in [0.2, 0.25) is 5.02 Å². The molecule has 0 aromatic heterocycles. The zero-order valence-electron chi connectivity index (χ0n) is 11.8. The van der Waals surface area contributed by atoms with Crippen LogP contribution in [0.1, 0.15) is 24.9 Å². The first-order valence-electron chi connectivity index (χ1n) is 6.73. The van der Waals surface area contributed by atoms with Crippen molar-refractivity contribution in [2.24, 2.45) is 5.73 Å². The van der Waals surface area contributed by atoms with Crippen LogP contribution >= 0.6 is 11.6 Å². The fourth-order valence-corrected chi connectivity index (χ4v) is 4.91. The predicted molar refractivity (Wildman–Crippen MR) is 82.7 cm³/mol. The molecule has 0 radical (unpaired) electrons. The number of nitrogens with two attached hydrogens (primary N) is 1. The molecule has 3 atom stereocenters. The van der Waals surface area contributed by atoms with Gasteiger partial charge in [-0.15, -0.1) is 0 Å². The Hall–Kier alpha value is -0.620. The molecule has 2 rings (SSSR count). The summed E-state index contributed by atoms with van der Waals surface area (Å²) in [5.74, 6) is 0.483.